The average Bonchev–Trinajstić information content (AvgIpc) is 2.80. The predicted octanol–water partition coefficient (Wildman–Crippen LogP) is 4.81. The van der Waals surface area contributed by atoms with E-state index in [2.05, 4.69) is 14.9 Å². The number of hydrogen-bond donors (Lipinski definition) is 0. The zero-order valence-corrected chi connectivity index (χ0v) is 17.7. The molecule has 2 aromatic carbocycles. The minimum absolute atomic E-state index is 0.0200. The summed E-state index contributed by atoms with van der Waals surface area (Å²) in [5, 5.41) is 0.969. The Morgan fingerprint density at radius 1 is 0.900 bits per heavy atom. The summed E-state index contributed by atoms with van der Waals surface area (Å²) in [7, 11) is 0. The maximum absolute atomic E-state index is 12.5. The second kappa shape index (κ2) is 9.28. The van der Waals surface area contributed by atoms with E-state index in [1.54, 1.807) is 30.6 Å². The van der Waals surface area contributed by atoms with E-state index in [1.807, 2.05) is 47.4 Å². The lowest BCUT2D eigenvalue weighted by Crippen LogP contribution is -2.48. The highest BCUT2D eigenvalue weighted by Gasteiger charge is 2.21. The van der Waals surface area contributed by atoms with Crippen LogP contribution < -0.4 is 4.90 Å². The summed E-state index contributed by atoms with van der Waals surface area (Å²) >= 11 is 12.0. The van der Waals surface area contributed by atoms with Crippen LogP contribution in [0.5, 0.6) is 0 Å². The highest BCUT2D eigenvalue weighted by molar-refractivity contribution is 6.42. The molecule has 1 fully saturated rings. The first kappa shape index (κ1) is 20.4. The molecule has 3 aromatic rings. The van der Waals surface area contributed by atoms with Crippen molar-refractivity contribution in [3.05, 3.63) is 82.6 Å². The van der Waals surface area contributed by atoms with Gasteiger partial charge in [0.05, 0.1) is 15.7 Å². The van der Waals surface area contributed by atoms with E-state index < -0.39 is 0 Å². The maximum atomic E-state index is 12.5. The molecule has 0 atom stereocenters. The van der Waals surface area contributed by atoms with Gasteiger partial charge in [0.1, 0.15) is 12.1 Å². The molecule has 0 radical (unpaired) electrons. The predicted molar refractivity (Wildman–Crippen MR) is 122 cm³/mol. The number of amides is 1. The fourth-order valence-electron chi connectivity index (χ4n) is 3.33. The molecule has 0 N–H and O–H groups in total. The Labute approximate surface area is 185 Å². The molecule has 30 heavy (non-hydrogen) atoms. The summed E-state index contributed by atoms with van der Waals surface area (Å²) in [6.07, 6.45) is 4.93. The number of aromatic nitrogens is 2. The van der Waals surface area contributed by atoms with E-state index in [0.29, 0.717) is 23.1 Å². The van der Waals surface area contributed by atoms with E-state index in [9.17, 15) is 4.79 Å². The molecule has 1 aromatic heterocycles. The normalized spacial score (nSPS) is 14.3. The largest absolute Gasteiger partial charge is 0.353 e. The number of piperazine rings is 1. The van der Waals surface area contributed by atoms with E-state index >= 15 is 0 Å². The molecule has 152 valence electrons. The quantitative estimate of drug-likeness (QED) is 0.548. The molecule has 5 nitrogen and oxygen atoms in total. The molecule has 1 aliphatic rings. The average molecular weight is 439 g/mol. The lowest BCUT2D eigenvalue weighted by atomic mass is 10.1. The topological polar surface area (TPSA) is 49.3 Å². The van der Waals surface area contributed by atoms with E-state index in [4.69, 9.17) is 23.2 Å². The molecule has 4 rings (SSSR count). The number of carbonyl (C=O) groups excluding carboxylic acids is 1. The molecule has 7 heteroatoms. The van der Waals surface area contributed by atoms with Crippen LogP contribution in [0, 0.1) is 0 Å². The molecule has 0 aliphatic carbocycles. The summed E-state index contributed by atoms with van der Waals surface area (Å²) in [6.45, 7) is 2.71. The second-order valence-electron chi connectivity index (χ2n) is 6.95. The van der Waals surface area contributed by atoms with Crippen molar-refractivity contribution in [1.29, 1.82) is 0 Å². The number of anilines is 1. The van der Waals surface area contributed by atoms with Crippen LogP contribution in [0.25, 0.3) is 17.3 Å². The summed E-state index contributed by atoms with van der Waals surface area (Å²) in [4.78, 5) is 25.4. The number of hydrogen-bond acceptors (Lipinski definition) is 4. The van der Waals surface area contributed by atoms with Gasteiger partial charge in [0, 0.05) is 43.9 Å². The Balaban J connectivity index is 1.37. The lowest BCUT2D eigenvalue weighted by molar-refractivity contribution is -0.126. The third-order valence-corrected chi connectivity index (χ3v) is 5.74. The SMILES string of the molecule is O=C(/C=C/c1ccc(Cl)c(Cl)c1)N1CCN(c2cc(-c3ccccc3)ncn2)CC1. The molecule has 1 saturated heterocycles. The second-order valence-corrected chi connectivity index (χ2v) is 7.76. The van der Waals surface area contributed by atoms with Crippen molar-refractivity contribution in [3.63, 3.8) is 0 Å². The third kappa shape index (κ3) is 4.81. The van der Waals surface area contributed by atoms with Gasteiger partial charge in [-0.05, 0) is 23.8 Å². The van der Waals surface area contributed by atoms with Crippen LogP contribution in [0.2, 0.25) is 10.0 Å². The molecule has 0 unspecified atom stereocenters. The summed E-state index contributed by atoms with van der Waals surface area (Å²) in [5.41, 5.74) is 2.79. The van der Waals surface area contributed by atoms with Gasteiger partial charge in [-0.25, -0.2) is 9.97 Å². The fourth-order valence-corrected chi connectivity index (χ4v) is 3.64. The first-order valence-electron chi connectivity index (χ1n) is 9.64. The van der Waals surface area contributed by atoms with Crippen LogP contribution in [0.1, 0.15) is 5.56 Å². The van der Waals surface area contributed by atoms with Crippen molar-refractivity contribution in [1.82, 2.24) is 14.9 Å². The smallest absolute Gasteiger partial charge is 0.246 e. The van der Waals surface area contributed by atoms with Crippen LogP contribution in [-0.2, 0) is 4.79 Å². The van der Waals surface area contributed by atoms with Gasteiger partial charge in [0.15, 0.2) is 0 Å². The van der Waals surface area contributed by atoms with Crippen molar-refractivity contribution in [2.45, 2.75) is 0 Å². The van der Waals surface area contributed by atoms with E-state index in [1.165, 1.54) is 0 Å². The van der Waals surface area contributed by atoms with Gasteiger partial charge in [-0.3, -0.25) is 4.79 Å². The number of carbonyl (C=O) groups is 1. The van der Waals surface area contributed by atoms with Gasteiger partial charge in [-0.2, -0.15) is 0 Å². The van der Waals surface area contributed by atoms with E-state index in [0.717, 1.165) is 35.7 Å². The summed E-state index contributed by atoms with van der Waals surface area (Å²) in [5.74, 6) is 0.857. The lowest BCUT2D eigenvalue weighted by Gasteiger charge is -2.35. The standard InChI is InChI=1S/C23H20Cl2N4O/c24-19-8-6-17(14-20(19)25)7-9-23(30)29-12-10-28(11-13-29)22-15-21(26-16-27-22)18-4-2-1-3-5-18/h1-9,14-16H,10-13H2/b9-7+. The molecule has 1 amide bonds. The first-order chi connectivity index (χ1) is 14.6. The highest BCUT2D eigenvalue weighted by atomic mass is 35.5. The summed E-state index contributed by atoms with van der Waals surface area (Å²) < 4.78 is 0. The maximum Gasteiger partial charge on any atom is 0.246 e. The molecule has 0 saturated carbocycles. The monoisotopic (exact) mass is 438 g/mol. The number of halogens is 2. The summed E-state index contributed by atoms with van der Waals surface area (Å²) in [6, 6.07) is 17.3. The Kier molecular flexibility index (Phi) is 6.31. The van der Waals surface area contributed by atoms with Gasteiger partial charge in [0.2, 0.25) is 5.91 Å². The molecule has 0 spiro atoms. The van der Waals surface area contributed by atoms with Crippen molar-refractivity contribution >= 4 is 41.0 Å². The Bertz CT molecular complexity index is 1060. The van der Waals surface area contributed by atoms with Crippen LogP contribution in [0.3, 0.4) is 0 Å². The molecular weight excluding hydrogens is 419 g/mol. The van der Waals surface area contributed by atoms with Crippen LogP contribution in [0.4, 0.5) is 5.82 Å². The van der Waals surface area contributed by atoms with Gasteiger partial charge < -0.3 is 9.80 Å². The van der Waals surface area contributed by atoms with Crippen molar-refractivity contribution in [2.75, 3.05) is 31.1 Å². The number of rotatable bonds is 4. The molecule has 1 aliphatic heterocycles. The van der Waals surface area contributed by atoms with Gasteiger partial charge in [0.25, 0.3) is 0 Å². The van der Waals surface area contributed by atoms with Gasteiger partial charge >= 0.3 is 0 Å². The van der Waals surface area contributed by atoms with Crippen LogP contribution in [0.15, 0.2) is 67.0 Å². The minimum atomic E-state index is -0.0200. The molecule has 2 heterocycles. The zero-order chi connectivity index (χ0) is 20.9. The first-order valence-corrected chi connectivity index (χ1v) is 10.4. The zero-order valence-electron chi connectivity index (χ0n) is 16.2. The van der Waals surface area contributed by atoms with Gasteiger partial charge in [-0.1, -0.05) is 59.6 Å². The van der Waals surface area contributed by atoms with Crippen molar-refractivity contribution < 1.29 is 4.79 Å². The van der Waals surface area contributed by atoms with Crippen LogP contribution in [-0.4, -0.2) is 47.0 Å². The van der Waals surface area contributed by atoms with Crippen molar-refractivity contribution in [2.24, 2.45) is 0 Å². The third-order valence-electron chi connectivity index (χ3n) is 5.00. The number of benzene rings is 2. The van der Waals surface area contributed by atoms with Gasteiger partial charge in [-0.15, -0.1) is 0 Å². The molecular formula is C23H20Cl2N4O. The highest BCUT2D eigenvalue weighted by Crippen LogP contribution is 2.24. The fraction of sp³-hybridized carbons (Fsp3) is 0.174. The van der Waals surface area contributed by atoms with E-state index in [-0.39, 0.29) is 5.91 Å². The Hall–Kier alpha value is -2.89. The Morgan fingerprint density at radius 2 is 1.67 bits per heavy atom. The Morgan fingerprint density at radius 3 is 2.40 bits per heavy atom. The van der Waals surface area contributed by atoms with Crippen LogP contribution >= 0.6 is 23.2 Å². The van der Waals surface area contributed by atoms with Crippen molar-refractivity contribution in [3.8, 4) is 11.3 Å². The minimum Gasteiger partial charge on any atom is -0.353 e. The molecule has 0 bridgehead atoms. The number of nitrogens with zero attached hydrogens (tertiary/aromatic N) is 4.